The van der Waals surface area contributed by atoms with Gasteiger partial charge in [-0.15, -0.1) is 0 Å². The maximum absolute atomic E-state index is 3.86. The molecule has 0 amide bonds. The lowest BCUT2D eigenvalue weighted by Crippen LogP contribution is -2.37. The minimum Gasteiger partial charge on any atom is -0.307 e. The van der Waals surface area contributed by atoms with Gasteiger partial charge in [0.1, 0.15) is 0 Å². The van der Waals surface area contributed by atoms with Gasteiger partial charge in [0.2, 0.25) is 0 Å². The van der Waals surface area contributed by atoms with Crippen LogP contribution in [0.2, 0.25) is 0 Å². The molecule has 0 saturated heterocycles. The quantitative estimate of drug-likeness (QED) is 0.824. The zero-order chi connectivity index (χ0) is 14.0. The van der Waals surface area contributed by atoms with Gasteiger partial charge in [-0.2, -0.15) is 0 Å². The third kappa shape index (κ3) is 3.82. The van der Waals surface area contributed by atoms with E-state index in [1.165, 1.54) is 36.0 Å². The molecular formula is C18H29N. The van der Waals surface area contributed by atoms with Crippen molar-refractivity contribution in [1.82, 2.24) is 5.32 Å². The molecule has 0 heterocycles. The molecule has 1 nitrogen and oxygen atoms in total. The molecule has 19 heavy (non-hydrogen) atoms. The Labute approximate surface area is 118 Å². The SMILES string of the molecule is Cc1ccc(C(C)NC2CC(C)CC(C)C2)c(C)c1. The molecule has 0 aromatic heterocycles. The molecule has 1 aromatic carbocycles. The molecule has 0 bridgehead atoms. The Hall–Kier alpha value is -0.820. The van der Waals surface area contributed by atoms with Crippen molar-refractivity contribution >= 4 is 0 Å². The maximum atomic E-state index is 3.86. The van der Waals surface area contributed by atoms with Crippen LogP contribution in [0.15, 0.2) is 18.2 Å². The van der Waals surface area contributed by atoms with Crippen molar-refractivity contribution in [2.75, 3.05) is 0 Å². The summed E-state index contributed by atoms with van der Waals surface area (Å²) in [6.07, 6.45) is 4.06. The van der Waals surface area contributed by atoms with Gasteiger partial charge in [0.05, 0.1) is 0 Å². The van der Waals surface area contributed by atoms with Crippen LogP contribution in [-0.4, -0.2) is 6.04 Å². The Bertz CT molecular complexity index is 414. The summed E-state index contributed by atoms with van der Waals surface area (Å²) in [7, 11) is 0. The van der Waals surface area contributed by atoms with Crippen molar-refractivity contribution in [2.24, 2.45) is 11.8 Å². The van der Waals surface area contributed by atoms with Gasteiger partial charge in [0.25, 0.3) is 0 Å². The van der Waals surface area contributed by atoms with Crippen LogP contribution >= 0.6 is 0 Å². The van der Waals surface area contributed by atoms with E-state index in [0.717, 1.165) is 11.8 Å². The second kappa shape index (κ2) is 6.09. The second-order valence-corrected chi connectivity index (χ2v) is 6.86. The summed E-state index contributed by atoms with van der Waals surface area (Å²) in [5.41, 5.74) is 4.22. The second-order valence-electron chi connectivity index (χ2n) is 6.86. The van der Waals surface area contributed by atoms with Crippen molar-refractivity contribution in [3.05, 3.63) is 34.9 Å². The molecule has 3 unspecified atom stereocenters. The van der Waals surface area contributed by atoms with Crippen LogP contribution in [-0.2, 0) is 0 Å². The summed E-state index contributed by atoms with van der Waals surface area (Å²) in [5, 5.41) is 3.86. The van der Waals surface area contributed by atoms with Gasteiger partial charge >= 0.3 is 0 Å². The molecule has 1 saturated carbocycles. The average Bonchev–Trinajstić information content (AvgIpc) is 2.26. The number of rotatable bonds is 3. The van der Waals surface area contributed by atoms with E-state index in [2.05, 4.69) is 58.1 Å². The fourth-order valence-corrected chi connectivity index (χ4v) is 3.84. The topological polar surface area (TPSA) is 12.0 Å². The highest BCUT2D eigenvalue weighted by atomic mass is 14.9. The van der Waals surface area contributed by atoms with Crippen LogP contribution < -0.4 is 5.32 Å². The molecule has 3 atom stereocenters. The van der Waals surface area contributed by atoms with Crippen LogP contribution in [0, 0.1) is 25.7 Å². The standard InChI is InChI=1S/C18H29N/c1-12-6-7-18(15(4)9-12)16(5)19-17-10-13(2)8-14(3)11-17/h6-7,9,13-14,16-17,19H,8,10-11H2,1-5H3. The summed E-state index contributed by atoms with van der Waals surface area (Å²) in [4.78, 5) is 0. The highest BCUT2D eigenvalue weighted by Gasteiger charge is 2.25. The lowest BCUT2D eigenvalue weighted by atomic mass is 9.80. The monoisotopic (exact) mass is 259 g/mol. The van der Waals surface area contributed by atoms with Crippen LogP contribution in [0.3, 0.4) is 0 Å². The average molecular weight is 259 g/mol. The predicted molar refractivity (Wildman–Crippen MR) is 83.4 cm³/mol. The van der Waals surface area contributed by atoms with Gasteiger partial charge in [-0.1, -0.05) is 37.6 Å². The molecule has 1 aromatic rings. The molecular weight excluding hydrogens is 230 g/mol. The fourth-order valence-electron chi connectivity index (χ4n) is 3.84. The zero-order valence-corrected chi connectivity index (χ0v) is 13.2. The Balaban J connectivity index is 2.02. The molecule has 1 N–H and O–H groups in total. The zero-order valence-electron chi connectivity index (χ0n) is 13.2. The van der Waals surface area contributed by atoms with Crippen molar-refractivity contribution < 1.29 is 0 Å². The molecule has 0 spiro atoms. The molecule has 1 fully saturated rings. The molecule has 1 aliphatic carbocycles. The Morgan fingerprint density at radius 3 is 2.26 bits per heavy atom. The smallest absolute Gasteiger partial charge is 0.0296 e. The van der Waals surface area contributed by atoms with E-state index >= 15 is 0 Å². The highest BCUT2D eigenvalue weighted by molar-refractivity contribution is 5.32. The van der Waals surface area contributed by atoms with E-state index in [-0.39, 0.29) is 0 Å². The van der Waals surface area contributed by atoms with E-state index in [0.29, 0.717) is 12.1 Å². The van der Waals surface area contributed by atoms with E-state index in [1.807, 2.05) is 0 Å². The summed E-state index contributed by atoms with van der Waals surface area (Å²) in [6, 6.07) is 7.96. The van der Waals surface area contributed by atoms with Gasteiger partial charge in [0.15, 0.2) is 0 Å². The first-order chi connectivity index (χ1) is 8.95. The largest absolute Gasteiger partial charge is 0.307 e. The van der Waals surface area contributed by atoms with E-state index < -0.39 is 0 Å². The van der Waals surface area contributed by atoms with Crippen molar-refractivity contribution in [2.45, 2.75) is 66.0 Å². The number of nitrogens with one attached hydrogen (secondary N) is 1. The first kappa shape index (κ1) is 14.6. The highest BCUT2D eigenvalue weighted by Crippen LogP contribution is 2.30. The third-order valence-electron chi connectivity index (χ3n) is 4.56. The number of aryl methyl sites for hydroxylation is 2. The first-order valence-corrected chi connectivity index (χ1v) is 7.79. The van der Waals surface area contributed by atoms with Crippen molar-refractivity contribution in [1.29, 1.82) is 0 Å². The van der Waals surface area contributed by atoms with Crippen molar-refractivity contribution in [3.8, 4) is 0 Å². The molecule has 0 radical (unpaired) electrons. The third-order valence-corrected chi connectivity index (χ3v) is 4.56. The molecule has 106 valence electrons. The summed E-state index contributed by atoms with van der Waals surface area (Å²) < 4.78 is 0. The lowest BCUT2D eigenvalue weighted by molar-refractivity contribution is 0.228. The summed E-state index contributed by atoms with van der Waals surface area (Å²) in [6.45, 7) is 11.5. The van der Waals surface area contributed by atoms with Gasteiger partial charge in [-0.05, 0) is 63.0 Å². The van der Waals surface area contributed by atoms with E-state index in [9.17, 15) is 0 Å². The minimum absolute atomic E-state index is 0.461. The lowest BCUT2D eigenvalue weighted by Gasteiger charge is -2.34. The van der Waals surface area contributed by atoms with Crippen LogP contribution in [0.4, 0.5) is 0 Å². The molecule has 1 aliphatic rings. The maximum Gasteiger partial charge on any atom is 0.0296 e. The van der Waals surface area contributed by atoms with Gasteiger partial charge in [-0.3, -0.25) is 0 Å². The van der Waals surface area contributed by atoms with Crippen molar-refractivity contribution in [3.63, 3.8) is 0 Å². The van der Waals surface area contributed by atoms with Gasteiger partial charge in [0, 0.05) is 12.1 Å². The summed E-state index contributed by atoms with van der Waals surface area (Å²) in [5.74, 6) is 1.74. The Morgan fingerprint density at radius 1 is 1.05 bits per heavy atom. The number of hydrogen-bond acceptors (Lipinski definition) is 1. The number of hydrogen-bond donors (Lipinski definition) is 1. The Morgan fingerprint density at radius 2 is 1.68 bits per heavy atom. The molecule has 1 heteroatoms. The van der Waals surface area contributed by atoms with Crippen LogP contribution in [0.25, 0.3) is 0 Å². The van der Waals surface area contributed by atoms with Gasteiger partial charge in [-0.25, -0.2) is 0 Å². The Kier molecular flexibility index (Phi) is 4.67. The minimum atomic E-state index is 0.461. The van der Waals surface area contributed by atoms with Crippen LogP contribution in [0.5, 0.6) is 0 Å². The first-order valence-electron chi connectivity index (χ1n) is 7.79. The summed E-state index contributed by atoms with van der Waals surface area (Å²) >= 11 is 0. The van der Waals surface area contributed by atoms with Crippen LogP contribution in [0.1, 0.15) is 62.8 Å². The molecule has 2 rings (SSSR count). The fraction of sp³-hybridized carbons (Fsp3) is 0.667. The van der Waals surface area contributed by atoms with E-state index in [4.69, 9.17) is 0 Å². The predicted octanol–water partition coefficient (Wildman–Crippen LogP) is 4.78. The van der Waals surface area contributed by atoms with Gasteiger partial charge < -0.3 is 5.32 Å². The molecule has 0 aliphatic heterocycles. The normalized spacial score (nSPS) is 29.2. The number of benzene rings is 1. The van der Waals surface area contributed by atoms with E-state index in [1.54, 1.807) is 0 Å².